The average Bonchev–Trinajstić information content (AvgIpc) is 3.30. The number of nitrogens with zero attached hydrogens (tertiary/aromatic N) is 2. The van der Waals surface area contributed by atoms with Gasteiger partial charge >= 0.3 is 0 Å². The topological polar surface area (TPSA) is 49.0 Å². The van der Waals surface area contributed by atoms with E-state index in [0.717, 1.165) is 34.4 Å². The SMILES string of the molecule is Cc1cc(N2CCC(Cc3cccc(F)c3C)C2=O)ccc1-c1cn[nH]c1. The van der Waals surface area contributed by atoms with Crippen molar-refractivity contribution in [1.29, 1.82) is 0 Å². The quantitative estimate of drug-likeness (QED) is 0.745. The van der Waals surface area contributed by atoms with E-state index in [1.54, 1.807) is 19.2 Å². The van der Waals surface area contributed by atoms with Crippen LogP contribution in [0.15, 0.2) is 48.8 Å². The predicted molar refractivity (Wildman–Crippen MR) is 104 cm³/mol. The van der Waals surface area contributed by atoms with E-state index in [1.807, 2.05) is 36.2 Å². The van der Waals surface area contributed by atoms with Crippen LogP contribution in [0, 0.1) is 25.6 Å². The van der Waals surface area contributed by atoms with E-state index in [-0.39, 0.29) is 17.6 Å². The number of aromatic amines is 1. The van der Waals surface area contributed by atoms with Gasteiger partial charge in [0.05, 0.1) is 6.20 Å². The number of rotatable bonds is 4. The highest BCUT2D eigenvalue weighted by atomic mass is 19.1. The minimum atomic E-state index is -0.208. The van der Waals surface area contributed by atoms with Gasteiger partial charge in [0.25, 0.3) is 0 Å². The Bertz CT molecular complexity index is 981. The first-order valence-corrected chi connectivity index (χ1v) is 9.20. The third kappa shape index (κ3) is 3.25. The van der Waals surface area contributed by atoms with Crippen LogP contribution in [-0.2, 0) is 11.2 Å². The Morgan fingerprint density at radius 3 is 2.85 bits per heavy atom. The smallest absolute Gasteiger partial charge is 0.230 e. The number of nitrogens with one attached hydrogen (secondary N) is 1. The number of aromatic nitrogens is 2. The van der Waals surface area contributed by atoms with Gasteiger partial charge in [0.2, 0.25) is 5.91 Å². The second-order valence-electron chi connectivity index (χ2n) is 7.19. The normalized spacial score (nSPS) is 16.9. The van der Waals surface area contributed by atoms with Crippen LogP contribution in [0.5, 0.6) is 0 Å². The van der Waals surface area contributed by atoms with Crippen molar-refractivity contribution in [2.75, 3.05) is 11.4 Å². The Kier molecular flexibility index (Phi) is 4.52. The third-order valence-corrected chi connectivity index (χ3v) is 5.49. The van der Waals surface area contributed by atoms with E-state index in [4.69, 9.17) is 0 Å². The summed E-state index contributed by atoms with van der Waals surface area (Å²) in [5.74, 6) is -0.186. The lowest BCUT2D eigenvalue weighted by molar-refractivity contribution is -0.120. The molecule has 1 unspecified atom stereocenters. The van der Waals surface area contributed by atoms with E-state index in [2.05, 4.69) is 16.3 Å². The maximum Gasteiger partial charge on any atom is 0.230 e. The standard InChI is InChI=1S/C22H22FN3O/c1-14-10-19(6-7-20(14)18-12-24-25-13-18)26-9-8-17(22(26)27)11-16-4-3-5-21(23)15(16)2/h3-7,10,12-13,17H,8-9,11H2,1-2H3,(H,24,25). The number of aryl methyl sites for hydroxylation is 1. The van der Waals surface area contributed by atoms with Gasteiger partial charge < -0.3 is 4.90 Å². The van der Waals surface area contributed by atoms with Gasteiger partial charge in [-0.1, -0.05) is 18.2 Å². The average molecular weight is 363 g/mol. The summed E-state index contributed by atoms with van der Waals surface area (Å²) in [5.41, 5.74) is 5.72. The molecule has 1 amide bonds. The Morgan fingerprint density at radius 2 is 2.11 bits per heavy atom. The lowest BCUT2D eigenvalue weighted by Crippen LogP contribution is -2.27. The third-order valence-electron chi connectivity index (χ3n) is 5.49. The van der Waals surface area contributed by atoms with E-state index >= 15 is 0 Å². The van der Waals surface area contributed by atoms with Crippen molar-refractivity contribution in [3.63, 3.8) is 0 Å². The minimum Gasteiger partial charge on any atom is -0.312 e. The predicted octanol–water partition coefficient (Wildman–Crippen LogP) is 4.43. The van der Waals surface area contributed by atoms with Gasteiger partial charge in [0.1, 0.15) is 5.82 Å². The lowest BCUT2D eigenvalue weighted by atomic mass is 9.95. The van der Waals surface area contributed by atoms with Crippen molar-refractivity contribution in [1.82, 2.24) is 10.2 Å². The van der Waals surface area contributed by atoms with Gasteiger partial charge in [0, 0.05) is 29.9 Å². The molecule has 3 aromatic rings. The Morgan fingerprint density at radius 1 is 1.26 bits per heavy atom. The number of amides is 1. The number of carbonyl (C=O) groups excluding carboxylic acids is 1. The lowest BCUT2D eigenvalue weighted by Gasteiger charge is -2.19. The minimum absolute atomic E-state index is 0.0978. The van der Waals surface area contributed by atoms with Gasteiger partial charge in [-0.15, -0.1) is 0 Å². The van der Waals surface area contributed by atoms with Crippen molar-refractivity contribution in [3.05, 3.63) is 71.3 Å². The summed E-state index contributed by atoms with van der Waals surface area (Å²) in [4.78, 5) is 14.8. The number of hydrogen-bond acceptors (Lipinski definition) is 2. The molecular formula is C22H22FN3O. The Hall–Kier alpha value is -2.95. The van der Waals surface area contributed by atoms with Crippen LogP contribution in [0.3, 0.4) is 0 Å². The molecule has 0 aliphatic carbocycles. The fraction of sp³-hybridized carbons (Fsp3) is 0.273. The second-order valence-corrected chi connectivity index (χ2v) is 7.19. The Balaban J connectivity index is 1.53. The second kappa shape index (κ2) is 6.99. The van der Waals surface area contributed by atoms with Crippen molar-refractivity contribution >= 4 is 11.6 Å². The molecule has 0 bridgehead atoms. The summed E-state index contributed by atoms with van der Waals surface area (Å²) in [6.07, 6.45) is 5.03. The van der Waals surface area contributed by atoms with Crippen molar-refractivity contribution in [2.45, 2.75) is 26.7 Å². The fourth-order valence-corrected chi connectivity index (χ4v) is 3.86. The number of halogens is 1. The van der Waals surface area contributed by atoms with E-state index in [0.29, 0.717) is 18.5 Å². The van der Waals surface area contributed by atoms with Gasteiger partial charge in [-0.2, -0.15) is 5.10 Å². The molecule has 27 heavy (non-hydrogen) atoms. The number of carbonyl (C=O) groups is 1. The van der Waals surface area contributed by atoms with Crippen molar-refractivity contribution in [3.8, 4) is 11.1 Å². The molecule has 1 fully saturated rings. The number of anilines is 1. The van der Waals surface area contributed by atoms with Crippen LogP contribution in [0.4, 0.5) is 10.1 Å². The Labute approximate surface area is 158 Å². The molecule has 1 aromatic heterocycles. The molecule has 1 atom stereocenters. The summed E-state index contributed by atoms with van der Waals surface area (Å²) in [6.45, 7) is 4.52. The molecule has 0 saturated carbocycles. The highest BCUT2D eigenvalue weighted by Gasteiger charge is 2.33. The first-order chi connectivity index (χ1) is 13.0. The molecule has 4 nitrogen and oxygen atoms in total. The molecule has 1 aliphatic heterocycles. The molecule has 1 N–H and O–H groups in total. The van der Waals surface area contributed by atoms with Crippen LogP contribution in [0.1, 0.15) is 23.1 Å². The van der Waals surface area contributed by atoms with Gasteiger partial charge in [-0.25, -0.2) is 4.39 Å². The summed E-state index contributed by atoms with van der Waals surface area (Å²) in [5, 5.41) is 6.83. The zero-order valence-electron chi connectivity index (χ0n) is 15.5. The molecule has 1 aliphatic rings. The van der Waals surface area contributed by atoms with Crippen LogP contribution in [0.2, 0.25) is 0 Å². The van der Waals surface area contributed by atoms with E-state index in [9.17, 15) is 9.18 Å². The molecule has 0 radical (unpaired) electrons. The van der Waals surface area contributed by atoms with E-state index in [1.165, 1.54) is 6.07 Å². The zero-order chi connectivity index (χ0) is 19.0. The fourth-order valence-electron chi connectivity index (χ4n) is 3.86. The summed E-state index contributed by atoms with van der Waals surface area (Å²) < 4.78 is 13.8. The van der Waals surface area contributed by atoms with E-state index < -0.39 is 0 Å². The number of H-pyrrole nitrogens is 1. The molecule has 2 aromatic carbocycles. The van der Waals surface area contributed by atoms with Crippen LogP contribution in [0.25, 0.3) is 11.1 Å². The summed E-state index contributed by atoms with van der Waals surface area (Å²) in [6, 6.07) is 11.2. The first kappa shape index (κ1) is 17.5. The van der Waals surface area contributed by atoms with Crippen LogP contribution < -0.4 is 4.90 Å². The highest BCUT2D eigenvalue weighted by molar-refractivity contribution is 5.97. The maximum absolute atomic E-state index is 13.8. The monoisotopic (exact) mass is 363 g/mol. The summed E-state index contributed by atoms with van der Waals surface area (Å²) >= 11 is 0. The van der Waals surface area contributed by atoms with Crippen molar-refractivity contribution < 1.29 is 9.18 Å². The van der Waals surface area contributed by atoms with Gasteiger partial charge in [0.15, 0.2) is 0 Å². The van der Waals surface area contributed by atoms with Crippen LogP contribution >= 0.6 is 0 Å². The zero-order valence-corrected chi connectivity index (χ0v) is 15.5. The van der Waals surface area contributed by atoms with Crippen LogP contribution in [-0.4, -0.2) is 22.6 Å². The molecule has 1 saturated heterocycles. The molecule has 5 heteroatoms. The highest BCUT2D eigenvalue weighted by Crippen LogP contribution is 2.32. The molecule has 4 rings (SSSR count). The molecule has 0 spiro atoms. The molecular weight excluding hydrogens is 341 g/mol. The maximum atomic E-state index is 13.8. The first-order valence-electron chi connectivity index (χ1n) is 9.20. The van der Waals surface area contributed by atoms with Crippen molar-refractivity contribution in [2.24, 2.45) is 5.92 Å². The molecule has 2 heterocycles. The largest absolute Gasteiger partial charge is 0.312 e. The van der Waals surface area contributed by atoms with Gasteiger partial charge in [-0.05, 0) is 67.1 Å². The van der Waals surface area contributed by atoms with Gasteiger partial charge in [-0.3, -0.25) is 9.89 Å². The number of hydrogen-bond donors (Lipinski definition) is 1. The summed E-state index contributed by atoms with van der Waals surface area (Å²) in [7, 11) is 0. The number of benzene rings is 2. The molecule has 138 valence electrons.